The van der Waals surface area contributed by atoms with Gasteiger partial charge in [-0.3, -0.25) is 4.90 Å². The predicted octanol–water partition coefficient (Wildman–Crippen LogP) is 2.78. The third-order valence-electron chi connectivity index (χ3n) is 4.45. The molecule has 0 radical (unpaired) electrons. The monoisotopic (exact) mass is 224 g/mol. The Morgan fingerprint density at radius 3 is 2.25 bits per heavy atom. The largest absolute Gasteiger partial charge is 0.310 e. The number of rotatable bonds is 4. The minimum absolute atomic E-state index is 0.625. The van der Waals surface area contributed by atoms with Crippen molar-refractivity contribution in [2.45, 2.75) is 83.0 Å². The zero-order chi connectivity index (χ0) is 11.5. The van der Waals surface area contributed by atoms with Gasteiger partial charge in [0.2, 0.25) is 0 Å². The summed E-state index contributed by atoms with van der Waals surface area (Å²) in [6, 6.07) is 3.04. The van der Waals surface area contributed by atoms with Crippen LogP contribution in [0, 0.1) is 0 Å². The van der Waals surface area contributed by atoms with Gasteiger partial charge in [0, 0.05) is 24.2 Å². The predicted molar refractivity (Wildman–Crippen MR) is 69.7 cm³/mol. The smallest absolute Gasteiger partial charge is 0.0249 e. The number of likely N-dealkylation sites (N-methyl/N-ethyl adjacent to an activating group) is 1. The molecule has 2 saturated carbocycles. The average Bonchev–Trinajstić information content (AvgIpc) is 2.14. The van der Waals surface area contributed by atoms with Crippen LogP contribution in [0.15, 0.2) is 0 Å². The molecule has 2 nitrogen and oxygen atoms in total. The van der Waals surface area contributed by atoms with Crippen molar-refractivity contribution in [1.82, 2.24) is 10.2 Å². The summed E-state index contributed by atoms with van der Waals surface area (Å²) in [5, 5.41) is 3.77. The first-order valence-electron chi connectivity index (χ1n) is 7.16. The normalized spacial score (nSPS) is 32.1. The molecule has 0 spiro atoms. The van der Waals surface area contributed by atoms with Crippen LogP contribution in [0.5, 0.6) is 0 Å². The van der Waals surface area contributed by atoms with Gasteiger partial charge in [-0.15, -0.1) is 0 Å². The van der Waals surface area contributed by atoms with Crippen molar-refractivity contribution in [3.8, 4) is 0 Å². The van der Waals surface area contributed by atoms with Crippen molar-refractivity contribution in [3.63, 3.8) is 0 Å². The molecule has 16 heavy (non-hydrogen) atoms. The van der Waals surface area contributed by atoms with E-state index in [1.807, 2.05) is 0 Å². The molecular weight excluding hydrogens is 196 g/mol. The van der Waals surface area contributed by atoms with E-state index in [0.29, 0.717) is 6.04 Å². The molecule has 0 saturated heterocycles. The van der Waals surface area contributed by atoms with Gasteiger partial charge in [-0.25, -0.2) is 0 Å². The molecule has 0 aromatic carbocycles. The number of hydrogen-bond acceptors (Lipinski definition) is 2. The quantitative estimate of drug-likeness (QED) is 0.790. The average molecular weight is 224 g/mol. The standard InChI is InChI=1S/C14H28N2/c1-11(2)15-13-9-4-5-10-14(13)16(3)12-7-6-8-12/h11-15H,4-10H2,1-3H3/t13-,14-/m0/s1. The molecule has 0 amide bonds. The molecule has 0 aromatic heterocycles. The van der Waals surface area contributed by atoms with Crippen LogP contribution in [-0.4, -0.2) is 36.1 Å². The molecule has 2 fully saturated rings. The Morgan fingerprint density at radius 2 is 1.69 bits per heavy atom. The second-order valence-corrected chi connectivity index (χ2v) is 6.03. The molecule has 2 heteroatoms. The highest BCUT2D eigenvalue weighted by Gasteiger charge is 2.33. The molecule has 0 heterocycles. The number of hydrogen-bond donors (Lipinski definition) is 1. The van der Waals surface area contributed by atoms with E-state index in [1.54, 1.807) is 0 Å². The summed E-state index contributed by atoms with van der Waals surface area (Å²) in [6.45, 7) is 4.55. The van der Waals surface area contributed by atoms with Crippen LogP contribution in [0.2, 0.25) is 0 Å². The first kappa shape index (κ1) is 12.4. The van der Waals surface area contributed by atoms with Crippen molar-refractivity contribution in [1.29, 1.82) is 0 Å². The highest BCUT2D eigenvalue weighted by atomic mass is 15.2. The van der Waals surface area contributed by atoms with E-state index in [9.17, 15) is 0 Å². The first-order valence-corrected chi connectivity index (χ1v) is 7.16. The Kier molecular flexibility index (Phi) is 4.26. The third-order valence-corrected chi connectivity index (χ3v) is 4.45. The topological polar surface area (TPSA) is 15.3 Å². The minimum Gasteiger partial charge on any atom is -0.310 e. The molecule has 0 bridgehead atoms. The maximum Gasteiger partial charge on any atom is 0.0249 e. The number of nitrogens with zero attached hydrogens (tertiary/aromatic N) is 1. The van der Waals surface area contributed by atoms with Crippen molar-refractivity contribution in [2.24, 2.45) is 0 Å². The van der Waals surface area contributed by atoms with Crippen LogP contribution in [0.4, 0.5) is 0 Å². The zero-order valence-electron chi connectivity index (χ0n) is 11.2. The van der Waals surface area contributed by atoms with Gasteiger partial charge in [0.25, 0.3) is 0 Å². The van der Waals surface area contributed by atoms with Crippen LogP contribution < -0.4 is 5.32 Å². The van der Waals surface area contributed by atoms with Crippen molar-refractivity contribution >= 4 is 0 Å². The molecule has 2 aliphatic rings. The summed E-state index contributed by atoms with van der Waals surface area (Å²) >= 11 is 0. The van der Waals surface area contributed by atoms with Crippen LogP contribution in [0.3, 0.4) is 0 Å². The molecule has 1 N–H and O–H groups in total. The molecule has 2 atom stereocenters. The molecule has 2 aliphatic carbocycles. The molecule has 94 valence electrons. The van der Waals surface area contributed by atoms with E-state index < -0.39 is 0 Å². The van der Waals surface area contributed by atoms with Gasteiger partial charge in [0.05, 0.1) is 0 Å². The van der Waals surface area contributed by atoms with Crippen molar-refractivity contribution < 1.29 is 0 Å². The lowest BCUT2D eigenvalue weighted by molar-refractivity contribution is 0.0642. The second-order valence-electron chi connectivity index (χ2n) is 6.03. The summed E-state index contributed by atoms with van der Waals surface area (Å²) < 4.78 is 0. The van der Waals surface area contributed by atoms with Gasteiger partial charge < -0.3 is 5.32 Å². The van der Waals surface area contributed by atoms with Crippen LogP contribution >= 0.6 is 0 Å². The molecule has 0 unspecified atom stereocenters. The fraction of sp³-hybridized carbons (Fsp3) is 1.00. The lowest BCUT2D eigenvalue weighted by Gasteiger charge is -2.45. The van der Waals surface area contributed by atoms with Gasteiger partial charge in [-0.05, 0) is 32.7 Å². The fourth-order valence-electron chi connectivity index (χ4n) is 3.29. The first-order chi connectivity index (χ1) is 7.68. The Bertz CT molecular complexity index is 211. The Balaban J connectivity index is 1.92. The third kappa shape index (κ3) is 2.78. The van der Waals surface area contributed by atoms with Crippen molar-refractivity contribution in [3.05, 3.63) is 0 Å². The van der Waals surface area contributed by atoms with Crippen LogP contribution in [-0.2, 0) is 0 Å². The summed E-state index contributed by atoms with van der Waals surface area (Å²) in [7, 11) is 2.36. The van der Waals surface area contributed by atoms with Gasteiger partial charge in [0.1, 0.15) is 0 Å². The van der Waals surface area contributed by atoms with Gasteiger partial charge in [-0.2, -0.15) is 0 Å². The van der Waals surface area contributed by atoms with Crippen LogP contribution in [0.25, 0.3) is 0 Å². The van der Waals surface area contributed by atoms with Crippen molar-refractivity contribution in [2.75, 3.05) is 7.05 Å². The van der Waals surface area contributed by atoms with E-state index in [1.165, 1.54) is 44.9 Å². The Labute approximate surface area is 101 Å². The van der Waals surface area contributed by atoms with E-state index >= 15 is 0 Å². The van der Waals surface area contributed by atoms with E-state index in [4.69, 9.17) is 0 Å². The summed E-state index contributed by atoms with van der Waals surface area (Å²) in [5.41, 5.74) is 0. The van der Waals surface area contributed by atoms with E-state index in [-0.39, 0.29) is 0 Å². The zero-order valence-corrected chi connectivity index (χ0v) is 11.2. The number of nitrogens with one attached hydrogen (secondary N) is 1. The lowest BCUT2D eigenvalue weighted by Crippen LogP contribution is -2.56. The maximum absolute atomic E-state index is 3.77. The highest BCUT2D eigenvalue weighted by molar-refractivity contribution is 4.92. The van der Waals surface area contributed by atoms with Gasteiger partial charge >= 0.3 is 0 Å². The second kappa shape index (κ2) is 5.50. The SMILES string of the molecule is CC(C)N[C@H]1CCCC[C@@H]1N(C)C1CCC1. The van der Waals surface area contributed by atoms with Crippen LogP contribution in [0.1, 0.15) is 58.8 Å². The summed E-state index contributed by atoms with van der Waals surface area (Å²) in [4.78, 5) is 2.68. The highest BCUT2D eigenvalue weighted by Crippen LogP contribution is 2.30. The fourth-order valence-corrected chi connectivity index (χ4v) is 3.29. The van der Waals surface area contributed by atoms with Gasteiger partial charge in [0.15, 0.2) is 0 Å². The van der Waals surface area contributed by atoms with Gasteiger partial charge in [-0.1, -0.05) is 33.1 Å². The van der Waals surface area contributed by atoms with E-state index in [2.05, 4.69) is 31.1 Å². The molecule has 0 aromatic rings. The summed E-state index contributed by atoms with van der Waals surface area (Å²) in [5.74, 6) is 0. The summed E-state index contributed by atoms with van der Waals surface area (Å²) in [6.07, 6.45) is 9.93. The maximum atomic E-state index is 3.77. The minimum atomic E-state index is 0.625. The molecule has 2 rings (SSSR count). The molecular formula is C14H28N2. The van der Waals surface area contributed by atoms with E-state index in [0.717, 1.165) is 18.1 Å². The Hall–Kier alpha value is -0.0800. The Morgan fingerprint density at radius 1 is 1.00 bits per heavy atom. The lowest BCUT2D eigenvalue weighted by atomic mass is 9.84. The molecule has 0 aliphatic heterocycles.